The van der Waals surface area contributed by atoms with Gasteiger partial charge >= 0.3 is 0 Å². The third-order valence-corrected chi connectivity index (χ3v) is 3.33. The average molecular weight is 352 g/mol. The van der Waals surface area contributed by atoms with Gasteiger partial charge in [-0.1, -0.05) is 17.7 Å². The summed E-state index contributed by atoms with van der Waals surface area (Å²) in [6, 6.07) is 6.43. The Morgan fingerprint density at radius 2 is 1.92 bits per heavy atom. The number of aryl methyl sites for hydroxylation is 1. The molecule has 0 saturated carbocycles. The van der Waals surface area contributed by atoms with E-state index in [1.165, 1.54) is 0 Å². The van der Waals surface area contributed by atoms with E-state index in [0.717, 1.165) is 5.56 Å². The number of benzene rings is 1. The number of amides is 2. The first kappa shape index (κ1) is 19.9. The number of hydrogen-bond donors (Lipinski definition) is 4. The number of methoxy groups -OCH3 is 1. The molecule has 132 valence electrons. The highest BCUT2D eigenvalue weighted by atomic mass is 32.1. The maximum absolute atomic E-state index is 12.1. The van der Waals surface area contributed by atoms with E-state index >= 15 is 0 Å². The molecule has 7 nitrogen and oxygen atoms in total. The van der Waals surface area contributed by atoms with Gasteiger partial charge in [0.15, 0.2) is 5.11 Å². The SMILES string of the molecule is COC[C@@H](C)NC(=S)NNC(=O)[C@H](C)NC(=O)c1cccc(C)c1. The zero-order chi connectivity index (χ0) is 18.1. The molecule has 0 saturated heterocycles. The minimum absolute atomic E-state index is 0.00495. The number of carbonyl (C=O) groups is 2. The molecule has 0 aliphatic carbocycles. The van der Waals surface area contributed by atoms with Gasteiger partial charge in [0.2, 0.25) is 0 Å². The molecule has 0 spiro atoms. The van der Waals surface area contributed by atoms with Gasteiger partial charge in [0.25, 0.3) is 11.8 Å². The molecule has 1 rings (SSSR count). The highest BCUT2D eigenvalue weighted by molar-refractivity contribution is 7.80. The lowest BCUT2D eigenvalue weighted by Gasteiger charge is -2.18. The van der Waals surface area contributed by atoms with Crippen LogP contribution in [0.15, 0.2) is 24.3 Å². The summed E-state index contributed by atoms with van der Waals surface area (Å²) in [5, 5.41) is 5.84. The van der Waals surface area contributed by atoms with Crippen molar-refractivity contribution in [3.8, 4) is 0 Å². The largest absolute Gasteiger partial charge is 0.383 e. The number of hydrogen-bond acceptors (Lipinski definition) is 4. The predicted octanol–water partition coefficient (Wildman–Crippen LogP) is 0.644. The minimum atomic E-state index is -0.718. The van der Waals surface area contributed by atoms with E-state index in [1.54, 1.807) is 32.2 Å². The van der Waals surface area contributed by atoms with Gasteiger partial charge in [0, 0.05) is 18.7 Å². The maximum atomic E-state index is 12.1. The molecular formula is C16H24N4O3S. The van der Waals surface area contributed by atoms with Crippen LogP contribution in [0.25, 0.3) is 0 Å². The first-order valence-corrected chi connectivity index (χ1v) is 7.97. The average Bonchev–Trinajstić information content (AvgIpc) is 2.52. The number of hydrazine groups is 1. The molecular weight excluding hydrogens is 328 g/mol. The van der Waals surface area contributed by atoms with Crippen molar-refractivity contribution in [3.05, 3.63) is 35.4 Å². The summed E-state index contributed by atoms with van der Waals surface area (Å²) in [7, 11) is 1.59. The van der Waals surface area contributed by atoms with E-state index in [2.05, 4.69) is 21.5 Å². The van der Waals surface area contributed by atoms with Gasteiger partial charge in [0.1, 0.15) is 6.04 Å². The second-order valence-electron chi connectivity index (χ2n) is 5.51. The Morgan fingerprint density at radius 1 is 1.21 bits per heavy atom. The number of rotatable bonds is 6. The normalized spacial score (nSPS) is 12.7. The zero-order valence-corrected chi connectivity index (χ0v) is 15.1. The second-order valence-corrected chi connectivity index (χ2v) is 5.92. The fourth-order valence-corrected chi connectivity index (χ4v) is 2.16. The minimum Gasteiger partial charge on any atom is -0.383 e. The van der Waals surface area contributed by atoms with Crippen molar-refractivity contribution in [1.29, 1.82) is 0 Å². The highest BCUT2D eigenvalue weighted by Crippen LogP contribution is 2.04. The fourth-order valence-electron chi connectivity index (χ4n) is 1.91. The van der Waals surface area contributed by atoms with Crippen molar-refractivity contribution in [2.24, 2.45) is 0 Å². The van der Waals surface area contributed by atoms with E-state index in [0.29, 0.717) is 12.2 Å². The molecule has 0 radical (unpaired) electrons. The van der Waals surface area contributed by atoms with Crippen molar-refractivity contribution in [2.75, 3.05) is 13.7 Å². The number of thiocarbonyl (C=S) groups is 1. The quantitative estimate of drug-likeness (QED) is 0.444. The van der Waals surface area contributed by atoms with Crippen LogP contribution >= 0.6 is 12.2 Å². The predicted molar refractivity (Wildman–Crippen MR) is 96.5 cm³/mol. The van der Waals surface area contributed by atoms with Crippen LogP contribution in [0.3, 0.4) is 0 Å². The molecule has 4 N–H and O–H groups in total. The molecule has 1 aromatic carbocycles. The Hall–Kier alpha value is -2.19. The van der Waals surface area contributed by atoms with Crippen molar-refractivity contribution < 1.29 is 14.3 Å². The standard InChI is InChI=1S/C16H24N4O3S/c1-10-6-5-7-13(8-10)15(22)18-12(3)14(21)19-20-16(24)17-11(2)9-23-4/h5-8,11-12H,9H2,1-4H3,(H,18,22)(H,19,21)(H2,17,20,24)/t11-,12+/m1/s1. The van der Waals surface area contributed by atoms with Crippen LogP contribution in [0.4, 0.5) is 0 Å². The number of ether oxygens (including phenoxy) is 1. The topological polar surface area (TPSA) is 91.5 Å². The summed E-state index contributed by atoms with van der Waals surface area (Å²) < 4.78 is 4.98. The van der Waals surface area contributed by atoms with Crippen LogP contribution in [0.5, 0.6) is 0 Å². The van der Waals surface area contributed by atoms with Crippen molar-refractivity contribution in [2.45, 2.75) is 32.9 Å². The Labute approximate surface area is 147 Å². The van der Waals surface area contributed by atoms with E-state index in [1.807, 2.05) is 19.9 Å². The summed E-state index contributed by atoms with van der Waals surface area (Å²) in [5.41, 5.74) is 6.52. The fraction of sp³-hybridized carbons (Fsp3) is 0.438. The third-order valence-electron chi connectivity index (χ3n) is 3.11. The second kappa shape index (κ2) is 9.84. The van der Waals surface area contributed by atoms with Crippen LogP contribution in [-0.4, -0.2) is 42.7 Å². The summed E-state index contributed by atoms with van der Waals surface area (Å²) in [6.07, 6.45) is 0. The number of carbonyl (C=O) groups excluding carboxylic acids is 2. The van der Waals surface area contributed by atoms with Crippen molar-refractivity contribution in [3.63, 3.8) is 0 Å². The first-order chi connectivity index (χ1) is 11.3. The highest BCUT2D eigenvalue weighted by Gasteiger charge is 2.17. The molecule has 8 heteroatoms. The van der Waals surface area contributed by atoms with Crippen molar-refractivity contribution in [1.82, 2.24) is 21.5 Å². The lowest BCUT2D eigenvalue weighted by Crippen LogP contribution is -2.54. The molecule has 0 fully saturated rings. The van der Waals surface area contributed by atoms with Gasteiger partial charge in [-0.15, -0.1) is 0 Å². The van der Waals surface area contributed by atoms with Crippen LogP contribution in [0, 0.1) is 6.92 Å². The molecule has 24 heavy (non-hydrogen) atoms. The molecule has 0 unspecified atom stereocenters. The summed E-state index contributed by atoms with van der Waals surface area (Å²) in [4.78, 5) is 24.1. The van der Waals surface area contributed by atoms with E-state index in [4.69, 9.17) is 17.0 Å². The smallest absolute Gasteiger partial charge is 0.260 e. The first-order valence-electron chi connectivity index (χ1n) is 7.56. The Kier molecular flexibility index (Phi) is 8.14. The van der Waals surface area contributed by atoms with Crippen LogP contribution < -0.4 is 21.5 Å². The van der Waals surface area contributed by atoms with Gasteiger partial charge in [-0.05, 0) is 45.1 Å². The molecule has 2 amide bonds. The Morgan fingerprint density at radius 3 is 2.54 bits per heavy atom. The Balaban J connectivity index is 2.42. The van der Waals surface area contributed by atoms with Gasteiger partial charge < -0.3 is 15.4 Å². The maximum Gasteiger partial charge on any atom is 0.260 e. The van der Waals surface area contributed by atoms with Gasteiger partial charge in [0.05, 0.1) is 6.61 Å². The van der Waals surface area contributed by atoms with Gasteiger partial charge in [-0.25, -0.2) is 0 Å². The lowest BCUT2D eigenvalue weighted by atomic mass is 10.1. The third kappa shape index (κ3) is 6.93. The van der Waals surface area contributed by atoms with Gasteiger partial charge in [-0.2, -0.15) is 0 Å². The molecule has 0 aliphatic heterocycles. The van der Waals surface area contributed by atoms with Crippen LogP contribution in [0.1, 0.15) is 29.8 Å². The Bertz CT molecular complexity index is 594. The molecule has 0 bridgehead atoms. The van der Waals surface area contributed by atoms with E-state index < -0.39 is 11.9 Å². The molecule has 0 aliphatic rings. The monoisotopic (exact) mass is 352 g/mol. The molecule has 0 aromatic heterocycles. The molecule has 2 atom stereocenters. The summed E-state index contributed by atoms with van der Waals surface area (Å²) >= 11 is 5.05. The van der Waals surface area contributed by atoms with Crippen molar-refractivity contribution >= 4 is 29.1 Å². The molecule has 1 aromatic rings. The lowest BCUT2D eigenvalue weighted by molar-refractivity contribution is -0.123. The molecule has 0 heterocycles. The van der Waals surface area contributed by atoms with Gasteiger partial charge in [-0.3, -0.25) is 20.4 Å². The van der Waals surface area contributed by atoms with Crippen LogP contribution in [-0.2, 0) is 9.53 Å². The van der Waals surface area contributed by atoms with E-state index in [9.17, 15) is 9.59 Å². The zero-order valence-electron chi connectivity index (χ0n) is 14.3. The van der Waals surface area contributed by atoms with E-state index in [-0.39, 0.29) is 17.1 Å². The summed E-state index contributed by atoms with van der Waals surface area (Å²) in [6.45, 7) is 5.87. The van der Waals surface area contributed by atoms with Crippen LogP contribution in [0.2, 0.25) is 0 Å². The summed E-state index contributed by atoms with van der Waals surface area (Å²) in [5.74, 6) is -0.713. The number of nitrogens with one attached hydrogen (secondary N) is 4.